The largest absolute Gasteiger partial charge is 0.493 e. The van der Waals surface area contributed by atoms with Crippen molar-refractivity contribution in [3.8, 4) is 5.75 Å². The third-order valence-electron chi connectivity index (χ3n) is 6.73. The van der Waals surface area contributed by atoms with Crippen LogP contribution < -0.4 is 9.04 Å². The van der Waals surface area contributed by atoms with E-state index in [1.54, 1.807) is 12.1 Å². The molecule has 2 aliphatic heterocycles. The molecular weight excluding hydrogens is 438 g/mol. The molecule has 6 nitrogen and oxygen atoms in total. The molecule has 0 aromatic heterocycles. The number of nitrogens with zero attached hydrogens (tertiary/aromatic N) is 1. The summed E-state index contributed by atoms with van der Waals surface area (Å²) in [5.74, 6) is 0.600. The minimum atomic E-state index is -3.85. The van der Waals surface area contributed by atoms with E-state index in [4.69, 9.17) is 9.47 Å². The van der Waals surface area contributed by atoms with Gasteiger partial charge in [0.2, 0.25) is 0 Å². The van der Waals surface area contributed by atoms with E-state index in [-0.39, 0.29) is 16.7 Å². The predicted molar refractivity (Wildman–Crippen MR) is 129 cm³/mol. The second-order valence-electron chi connectivity index (χ2n) is 9.09. The molecule has 7 heteroatoms. The van der Waals surface area contributed by atoms with Gasteiger partial charge in [0.25, 0.3) is 10.0 Å². The van der Waals surface area contributed by atoms with Gasteiger partial charge in [-0.1, -0.05) is 19.1 Å². The maximum Gasteiger partial charge on any atom is 0.264 e. The summed E-state index contributed by atoms with van der Waals surface area (Å²) in [6.07, 6.45) is 4.29. The minimum absolute atomic E-state index is 0.118. The number of ether oxygens (including phenoxy) is 2. The summed E-state index contributed by atoms with van der Waals surface area (Å²) in [4.78, 5) is 12.5. The molecule has 4 rings (SSSR count). The number of Topliss-reactive ketones (excluding diaryl/α,β-unsaturated/α-hetero) is 1. The summed E-state index contributed by atoms with van der Waals surface area (Å²) >= 11 is 0. The molecule has 2 aliphatic rings. The van der Waals surface area contributed by atoms with E-state index in [9.17, 15) is 13.2 Å². The van der Waals surface area contributed by atoms with Crippen LogP contribution in [-0.2, 0) is 27.6 Å². The number of fused-ring (bicyclic) bond motifs is 1. The first kappa shape index (κ1) is 23.8. The monoisotopic (exact) mass is 471 g/mol. The Morgan fingerprint density at radius 3 is 2.58 bits per heavy atom. The average Bonchev–Trinajstić information content (AvgIpc) is 2.82. The first-order valence-electron chi connectivity index (χ1n) is 11.8. The fourth-order valence-electron chi connectivity index (χ4n) is 4.64. The van der Waals surface area contributed by atoms with Crippen LogP contribution >= 0.6 is 0 Å². The van der Waals surface area contributed by atoms with Crippen LogP contribution in [0, 0.1) is 5.92 Å². The van der Waals surface area contributed by atoms with Crippen molar-refractivity contribution < 1.29 is 22.7 Å². The highest BCUT2D eigenvalue weighted by Gasteiger charge is 2.34. The highest BCUT2D eigenvalue weighted by atomic mass is 32.2. The van der Waals surface area contributed by atoms with Crippen LogP contribution in [0.3, 0.4) is 0 Å². The topological polar surface area (TPSA) is 72.9 Å². The Kier molecular flexibility index (Phi) is 7.10. The first-order chi connectivity index (χ1) is 15.8. The Morgan fingerprint density at radius 2 is 1.88 bits per heavy atom. The van der Waals surface area contributed by atoms with Gasteiger partial charge in [-0.25, -0.2) is 8.42 Å². The third-order valence-corrected chi connectivity index (χ3v) is 8.65. The minimum Gasteiger partial charge on any atom is -0.493 e. The Balaban J connectivity index is 1.67. The van der Waals surface area contributed by atoms with Crippen LogP contribution in [0.2, 0.25) is 0 Å². The normalized spacial score (nSPS) is 19.2. The van der Waals surface area contributed by atoms with E-state index in [2.05, 4.69) is 13.0 Å². The molecule has 0 aliphatic carbocycles. The summed E-state index contributed by atoms with van der Waals surface area (Å²) in [6.45, 7) is 7.38. The predicted octanol–water partition coefficient (Wildman–Crippen LogP) is 4.79. The van der Waals surface area contributed by atoms with Gasteiger partial charge in [-0.3, -0.25) is 9.10 Å². The lowest BCUT2D eigenvalue weighted by molar-refractivity contribution is 0.0495. The van der Waals surface area contributed by atoms with Crippen LogP contribution in [0.25, 0.3) is 0 Å². The van der Waals surface area contributed by atoms with Gasteiger partial charge in [-0.2, -0.15) is 0 Å². The lowest BCUT2D eigenvalue weighted by Crippen LogP contribution is -2.42. The van der Waals surface area contributed by atoms with Crippen LogP contribution in [0.4, 0.5) is 5.69 Å². The van der Waals surface area contributed by atoms with Crippen molar-refractivity contribution in [2.45, 2.75) is 63.8 Å². The zero-order chi connectivity index (χ0) is 23.6. The number of ketones is 1. The smallest absolute Gasteiger partial charge is 0.264 e. The molecule has 33 heavy (non-hydrogen) atoms. The molecule has 2 aromatic carbocycles. The number of sulfonamides is 1. The molecule has 0 amide bonds. The first-order valence-corrected chi connectivity index (χ1v) is 13.3. The van der Waals surface area contributed by atoms with Gasteiger partial charge in [0.15, 0.2) is 5.78 Å². The molecule has 0 saturated carbocycles. The van der Waals surface area contributed by atoms with E-state index >= 15 is 0 Å². The number of hydrogen-bond acceptors (Lipinski definition) is 5. The number of benzene rings is 2. The summed E-state index contributed by atoms with van der Waals surface area (Å²) in [7, 11) is -3.85. The third kappa shape index (κ3) is 4.94. The van der Waals surface area contributed by atoms with Gasteiger partial charge in [-0.05, 0) is 87.3 Å². The average molecular weight is 472 g/mol. The van der Waals surface area contributed by atoms with E-state index in [1.807, 2.05) is 19.1 Å². The Morgan fingerprint density at radius 1 is 1.12 bits per heavy atom. The van der Waals surface area contributed by atoms with Crippen molar-refractivity contribution in [1.82, 2.24) is 0 Å². The molecule has 1 saturated heterocycles. The van der Waals surface area contributed by atoms with Gasteiger partial charge in [0.1, 0.15) is 5.75 Å². The molecule has 1 fully saturated rings. The van der Waals surface area contributed by atoms with Crippen molar-refractivity contribution in [3.05, 3.63) is 53.1 Å². The lowest BCUT2D eigenvalue weighted by Gasteiger charge is -2.36. The van der Waals surface area contributed by atoms with Gasteiger partial charge in [0.05, 0.1) is 22.8 Å². The number of aryl methyl sites for hydroxylation is 2. The van der Waals surface area contributed by atoms with Crippen molar-refractivity contribution in [2.24, 2.45) is 5.92 Å². The molecule has 1 atom stereocenters. The molecule has 2 heterocycles. The molecule has 2 aromatic rings. The fourth-order valence-corrected chi connectivity index (χ4v) is 6.38. The quantitative estimate of drug-likeness (QED) is 0.543. The number of anilines is 1. The van der Waals surface area contributed by atoms with Crippen LogP contribution in [0.5, 0.6) is 5.75 Å². The van der Waals surface area contributed by atoms with Gasteiger partial charge >= 0.3 is 0 Å². The molecule has 178 valence electrons. The van der Waals surface area contributed by atoms with E-state index in [0.717, 1.165) is 62.1 Å². The standard InChI is InChI=1S/C26H33NO5S/c1-4-20-6-8-22-7-5-18(2)27(25(22)15-20)33(29,30)23-9-10-26(24(16-23)19(3)28)32-17-21-11-13-31-14-12-21/h6,8-10,15-16,18,21H,4-5,7,11-14,17H2,1-3H3/t18-/m0/s1. The van der Waals surface area contributed by atoms with E-state index in [1.165, 1.54) is 17.3 Å². The maximum atomic E-state index is 13.8. The number of hydrogen-bond donors (Lipinski definition) is 0. The molecule has 0 N–H and O–H groups in total. The van der Waals surface area contributed by atoms with Gasteiger partial charge in [0, 0.05) is 19.3 Å². The number of rotatable bonds is 7. The Labute approximate surface area is 196 Å². The fraction of sp³-hybridized carbons (Fsp3) is 0.500. The number of carbonyl (C=O) groups excluding carboxylic acids is 1. The second-order valence-corrected chi connectivity index (χ2v) is 10.9. The summed E-state index contributed by atoms with van der Waals surface area (Å²) in [6, 6.07) is 10.6. The Bertz CT molecular complexity index is 1120. The van der Waals surface area contributed by atoms with Crippen molar-refractivity contribution in [3.63, 3.8) is 0 Å². The van der Waals surface area contributed by atoms with E-state index in [0.29, 0.717) is 23.8 Å². The van der Waals surface area contributed by atoms with Crippen molar-refractivity contribution in [2.75, 3.05) is 24.1 Å². The zero-order valence-corrected chi connectivity index (χ0v) is 20.5. The van der Waals surface area contributed by atoms with Crippen LogP contribution in [0.15, 0.2) is 41.3 Å². The van der Waals surface area contributed by atoms with Crippen molar-refractivity contribution >= 4 is 21.5 Å². The summed E-state index contributed by atoms with van der Waals surface area (Å²) in [5, 5.41) is 0. The summed E-state index contributed by atoms with van der Waals surface area (Å²) in [5.41, 5.74) is 3.19. The van der Waals surface area contributed by atoms with Crippen molar-refractivity contribution in [1.29, 1.82) is 0 Å². The van der Waals surface area contributed by atoms with Crippen LogP contribution in [0.1, 0.15) is 61.5 Å². The highest BCUT2D eigenvalue weighted by Crippen LogP contribution is 2.37. The van der Waals surface area contributed by atoms with Gasteiger partial charge < -0.3 is 9.47 Å². The number of carbonyl (C=O) groups is 1. The lowest BCUT2D eigenvalue weighted by atomic mass is 9.97. The molecule has 0 spiro atoms. The molecule has 0 unspecified atom stereocenters. The second kappa shape index (κ2) is 9.85. The van der Waals surface area contributed by atoms with Gasteiger partial charge in [-0.15, -0.1) is 0 Å². The molecule has 0 radical (unpaired) electrons. The summed E-state index contributed by atoms with van der Waals surface area (Å²) < 4.78 is 40.5. The Hall–Kier alpha value is -2.38. The highest BCUT2D eigenvalue weighted by molar-refractivity contribution is 7.92. The van der Waals surface area contributed by atoms with E-state index < -0.39 is 10.0 Å². The molecule has 0 bridgehead atoms. The SMILES string of the molecule is CCc1ccc2c(c1)N(S(=O)(=O)c1ccc(OCC3CCOCC3)c(C(C)=O)c1)[C@@H](C)CC2. The zero-order valence-electron chi connectivity index (χ0n) is 19.7. The van der Waals surface area contributed by atoms with Crippen LogP contribution in [-0.4, -0.2) is 40.1 Å². The maximum absolute atomic E-state index is 13.8. The molecular formula is C26H33NO5S.